The molecule has 1 fully saturated rings. The van der Waals surface area contributed by atoms with E-state index in [-0.39, 0.29) is 16.6 Å². The van der Waals surface area contributed by atoms with Crippen molar-refractivity contribution in [1.29, 1.82) is 0 Å². The summed E-state index contributed by atoms with van der Waals surface area (Å²) in [5.74, 6) is -0.794. The van der Waals surface area contributed by atoms with Crippen LogP contribution in [-0.4, -0.2) is 53.4 Å². The molecule has 0 N–H and O–H groups in total. The fourth-order valence-corrected chi connectivity index (χ4v) is 2.50. The fraction of sp³-hybridized carbons (Fsp3) is 0.538. The van der Waals surface area contributed by atoms with E-state index in [0.29, 0.717) is 19.1 Å². The molecule has 0 spiro atoms. The third-order valence-electron chi connectivity index (χ3n) is 3.57. The van der Waals surface area contributed by atoms with Crippen LogP contribution in [0.4, 0.5) is 4.39 Å². The van der Waals surface area contributed by atoms with Crippen LogP contribution in [0.25, 0.3) is 0 Å². The zero-order valence-corrected chi connectivity index (χ0v) is 11.8. The molecule has 1 aliphatic rings. The van der Waals surface area contributed by atoms with Gasteiger partial charge in [-0.3, -0.25) is 9.69 Å². The first kappa shape index (κ1) is 14.2. The molecule has 104 valence electrons. The molecular formula is C13H17ClFN3O. The van der Waals surface area contributed by atoms with Gasteiger partial charge in [0.1, 0.15) is 11.0 Å². The standard InChI is InChI=1S/C13H17ClFN3O/c1-3-10-8-18(5-4-17(10)2)13(19)11-6-9(15)7-16-12(11)14/h6-7,10H,3-5,8H2,1-2H3. The number of pyridine rings is 1. The monoisotopic (exact) mass is 285 g/mol. The maximum atomic E-state index is 13.2. The van der Waals surface area contributed by atoms with Crippen LogP contribution in [-0.2, 0) is 0 Å². The van der Waals surface area contributed by atoms with E-state index in [1.54, 1.807) is 4.90 Å². The second kappa shape index (κ2) is 5.84. The Morgan fingerprint density at radius 2 is 2.32 bits per heavy atom. The molecule has 1 aromatic rings. The third-order valence-corrected chi connectivity index (χ3v) is 3.87. The molecule has 4 nitrogen and oxygen atoms in total. The zero-order chi connectivity index (χ0) is 14.0. The summed E-state index contributed by atoms with van der Waals surface area (Å²) in [4.78, 5) is 20.0. The third kappa shape index (κ3) is 3.04. The Hall–Kier alpha value is -1.20. The van der Waals surface area contributed by atoms with Crippen LogP contribution in [0, 0.1) is 5.82 Å². The number of hydrogen-bond donors (Lipinski definition) is 0. The van der Waals surface area contributed by atoms with Crippen LogP contribution in [0.15, 0.2) is 12.3 Å². The summed E-state index contributed by atoms with van der Waals surface area (Å²) in [6, 6.07) is 1.48. The van der Waals surface area contributed by atoms with Gasteiger partial charge >= 0.3 is 0 Å². The van der Waals surface area contributed by atoms with Gasteiger partial charge in [-0.05, 0) is 19.5 Å². The number of rotatable bonds is 2. The van der Waals surface area contributed by atoms with Crippen molar-refractivity contribution in [3.8, 4) is 0 Å². The Morgan fingerprint density at radius 1 is 1.58 bits per heavy atom. The number of carbonyl (C=O) groups excluding carboxylic acids is 1. The second-order valence-electron chi connectivity index (χ2n) is 4.79. The van der Waals surface area contributed by atoms with Gasteiger partial charge in [-0.15, -0.1) is 0 Å². The molecule has 6 heteroatoms. The van der Waals surface area contributed by atoms with Crippen molar-refractivity contribution in [1.82, 2.24) is 14.8 Å². The number of halogens is 2. The summed E-state index contributed by atoms with van der Waals surface area (Å²) in [5.41, 5.74) is 0.140. The van der Waals surface area contributed by atoms with E-state index in [4.69, 9.17) is 11.6 Å². The summed E-state index contributed by atoms with van der Waals surface area (Å²) in [6.07, 6.45) is 1.98. The van der Waals surface area contributed by atoms with E-state index in [1.807, 2.05) is 7.05 Å². The number of aromatic nitrogens is 1. The summed E-state index contributed by atoms with van der Waals surface area (Å²) < 4.78 is 13.2. The number of nitrogens with zero attached hydrogens (tertiary/aromatic N) is 3. The van der Waals surface area contributed by atoms with Crippen molar-refractivity contribution in [2.24, 2.45) is 0 Å². The first-order valence-corrected chi connectivity index (χ1v) is 6.71. The number of carbonyl (C=O) groups is 1. The van der Waals surface area contributed by atoms with Crippen LogP contribution in [0.3, 0.4) is 0 Å². The molecule has 0 radical (unpaired) electrons. The van der Waals surface area contributed by atoms with Gasteiger partial charge in [0.15, 0.2) is 0 Å². The lowest BCUT2D eigenvalue weighted by atomic mass is 10.1. The minimum atomic E-state index is -0.547. The van der Waals surface area contributed by atoms with Crippen molar-refractivity contribution in [3.63, 3.8) is 0 Å². The molecule has 0 saturated carbocycles. The molecule has 1 amide bonds. The molecule has 1 unspecified atom stereocenters. The quantitative estimate of drug-likeness (QED) is 0.780. The van der Waals surface area contributed by atoms with Crippen LogP contribution in [0.1, 0.15) is 23.7 Å². The highest BCUT2D eigenvalue weighted by Gasteiger charge is 2.28. The molecule has 0 bridgehead atoms. The first-order valence-electron chi connectivity index (χ1n) is 6.33. The maximum Gasteiger partial charge on any atom is 0.257 e. The second-order valence-corrected chi connectivity index (χ2v) is 5.14. The lowest BCUT2D eigenvalue weighted by Gasteiger charge is -2.39. The van der Waals surface area contributed by atoms with Crippen LogP contribution < -0.4 is 0 Å². The van der Waals surface area contributed by atoms with E-state index in [0.717, 1.165) is 25.2 Å². The summed E-state index contributed by atoms with van der Waals surface area (Å²) >= 11 is 5.87. The number of hydrogen-bond acceptors (Lipinski definition) is 3. The highest BCUT2D eigenvalue weighted by atomic mass is 35.5. The van der Waals surface area contributed by atoms with Gasteiger partial charge < -0.3 is 4.90 Å². The molecule has 1 aromatic heterocycles. The molecule has 1 saturated heterocycles. The average molecular weight is 286 g/mol. The Labute approximate surface area is 117 Å². The van der Waals surface area contributed by atoms with Gasteiger partial charge in [-0.1, -0.05) is 18.5 Å². The normalized spacial score (nSPS) is 20.6. The fourth-order valence-electron chi connectivity index (χ4n) is 2.31. The van der Waals surface area contributed by atoms with E-state index >= 15 is 0 Å². The summed E-state index contributed by atoms with van der Waals surface area (Å²) in [5, 5.41) is 0.0541. The van der Waals surface area contributed by atoms with Gasteiger partial charge in [-0.25, -0.2) is 9.37 Å². The Bertz CT molecular complexity index is 483. The van der Waals surface area contributed by atoms with Crippen LogP contribution >= 0.6 is 11.6 Å². The average Bonchev–Trinajstić information content (AvgIpc) is 2.41. The predicted molar refractivity (Wildman–Crippen MR) is 71.8 cm³/mol. The van der Waals surface area contributed by atoms with Gasteiger partial charge in [0.05, 0.1) is 11.8 Å². The van der Waals surface area contributed by atoms with Crippen molar-refractivity contribution < 1.29 is 9.18 Å². The summed E-state index contributed by atoms with van der Waals surface area (Å²) in [7, 11) is 2.05. The molecule has 0 aliphatic carbocycles. The Balaban J connectivity index is 2.18. The number of piperazine rings is 1. The lowest BCUT2D eigenvalue weighted by Crippen LogP contribution is -2.53. The van der Waals surface area contributed by atoms with Crippen LogP contribution in [0.2, 0.25) is 5.15 Å². The summed E-state index contributed by atoms with van der Waals surface area (Å²) in [6.45, 7) is 4.16. The number of amides is 1. The van der Waals surface area contributed by atoms with Crippen molar-refractivity contribution in [3.05, 3.63) is 28.8 Å². The highest BCUT2D eigenvalue weighted by Crippen LogP contribution is 2.19. The molecule has 1 aliphatic heterocycles. The Morgan fingerprint density at radius 3 is 3.00 bits per heavy atom. The largest absolute Gasteiger partial charge is 0.336 e. The van der Waals surface area contributed by atoms with Crippen LogP contribution in [0.5, 0.6) is 0 Å². The molecule has 2 heterocycles. The highest BCUT2D eigenvalue weighted by molar-refractivity contribution is 6.32. The number of likely N-dealkylation sites (N-methyl/N-ethyl adjacent to an activating group) is 1. The minimum absolute atomic E-state index is 0.0541. The SMILES string of the molecule is CCC1CN(C(=O)c2cc(F)cnc2Cl)CCN1C. The van der Waals surface area contributed by atoms with Gasteiger partial charge in [0.25, 0.3) is 5.91 Å². The molecule has 2 rings (SSSR count). The van der Waals surface area contributed by atoms with Crippen molar-refractivity contribution >= 4 is 17.5 Å². The predicted octanol–water partition coefficient (Wildman–Crippen LogP) is 2.04. The van der Waals surface area contributed by atoms with Crippen molar-refractivity contribution in [2.45, 2.75) is 19.4 Å². The molecule has 0 aromatic carbocycles. The van der Waals surface area contributed by atoms with E-state index < -0.39 is 5.82 Å². The van der Waals surface area contributed by atoms with Crippen molar-refractivity contribution in [2.75, 3.05) is 26.7 Å². The smallest absolute Gasteiger partial charge is 0.257 e. The van der Waals surface area contributed by atoms with Gasteiger partial charge in [-0.2, -0.15) is 0 Å². The lowest BCUT2D eigenvalue weighted by molar-refractivity contribution is 0.0541. The minimum Gasteiger partial charge on any atom is -0.336 e. The maximum absolute atomic E-state index is 13.2. The van der Waals surface area contributed by atoms with Gasteiger partial charge in [0.2, 0.25) is 0 Å². The zero-order valence-electron chi connectivity index (χ0n) is 11.1. The molecule has 1 atom stereocenters. The van der Waals surface area contributed by atoms with E-state index in [1.165, 1.54) is 0 Å². The Kier molecular flexibility index (Phi) is 4.37. The van der Waals surface area contributed by atoms with E-state index in [2.05, 4.69) is 16.8 Å². The molecular weight excluding hydrogens is 269 g/mol. The first-order chi connectivity index (χ1) is 9.02. The van der Waals surface area contributed by atoms with Gasteiger partial charge in [0, 0.05) is 25.7 Å². The topological polar surface area (TPSA) is 36.4 Å². The van der Waals surface area contributed by atoms with E-state index in [9.17, 15) is 9.18 Å². The molecule has 19 heavy (non-hydrogen) atoms.